The number of benzene rings is 2. The van der Waals surface area contributed by atoms with Crippen molar-refractivity contribution in [1.29, 1.82) is 5.26 Å². The van der Waals surface area contributed by atoms with Gasteiger partial charge in [0.15, 0.2) is 0 Å². The fourth-order valence-electron chi connectivity index (χ4n) is 1.62. The second kappa shape index (κ2) is 5.80. The van der Waals surface area contributed by atoms with Crippen LogP contribution in [0, 0.1) is 23.0 Å². The molecule has 2 aromatic rings. The summed E-state index contributed by atoms with van der Waals surface area (Å²) in [5.41, 5.74) is -0.316. The van der Waals surface area contributed by atoms with Gasteiger partial charge < -0.3 is 5.32 Å². The summed E-state index contributed by atoms with van der Waals surface area (Å²) < 4.78 is 27.6. The Morgan fingerprint density at radius 1 is 1.20 bits per heavy atom. The van der Waals surface area contributed by atoms with E-state index in [1.807, 2.05) is 6.07 Å². The molecule has 0 unspecified atom stereocenters. The maximum absolute atomic E-state index is 13.5. The van der Waals surface area contributed by atoms with Gasteiger partial charge in [-0.05, 0) is 30.3 Å². The van der Waals surface area contributed by atoms with Crippen molar-refractivity contribution in [3.05, 3.63) is 63.6 Å². The Morgan fingerprint density at radius 3 is 2.45 bits per heavy atom. The maximum atomic E-state index is 13.5. The monoisotopic (exact) mass is 336 g/mol. The molecule has 1 N–H and O–H groups in total. The van der Waals surface area contributed by atoms with Gasteiger partial charge in [-0.3, -0.25) is 4.79 Å². The van der Waals surface area contributed by atoms with E-state index in [1.165, 1.54) is 18.2 Å². The zero-order chi connectivity index (χ0) is 14.7. The molecule has 0 atom stereocenters. The minimum atomic E-state index is -0.962. The standard InChI is InChI=1S/C14H7BrF2N2O/c15-9-5-4-8(7-18)12(6-9)19-14(20)13-10(16)2-1-3-11(13)17/h1-6H,(H,19,20). The lowest BCUT2D eigenvalue weighted by Crippen LogP contribution is -2.16. The van der Waals surface area contributed by atoms with Gasteiger partial charge in [0.05, 0.1) is 11.3 Å². The molecule has 2 rings (SSSR count). The predicted molar refractivity (Wildman–Crippen MR) is 73.2 cm³/mol. The number of nitrogens with one attached hydrogen (secondary N) is 1. The number of rotatable bonds is 2. The molecule has 0 aliphatic heterocycles. The zero-order valence-electron chi connectivity index (χ0n) is 9.95. The van der Waals surface area contributed by atoms with Crippen LogP contribution in [-0.2, 0) is 0 Å². The number of hydrogen-bond donors (Lipinski definition) is 1. The van der Waals surface area contributed by atoms with Crippen LogP contribution in [0.4, 0.5) is 14.5 Å². The highest BCUT2D eigenvalue weighted by Gasteiger charge is 2.18. The largest absolute Gasteiger partial charge is 0.321 e. The molecule has 20 heavy (non-hydrogen) atoms. The summed E-state index contributed by atoms with van der Waals surface area (Å²) in [6, 6.07) is 9.62. The van der Waals surface area contributed by atoms with Crippen LogP contribution in [0.25, 0.3) is 0 Å². The lowest BCUT2D eigenvalue weighted by molar-refractivity contribution is 0.101. The third kappa shape index (κ3) is 2.83. The highest BCUT2D eigenvalue weighted by atomic mass is 79.9. The van der Waals surface area contributed by atoms with Gasteiger partial charge in [-0.15, -0.1) is 0 Å². The first kappa shape index (κ1) is 14.2. The molecule has 0 spiro atoms. The van der Waals surface area contributed by atoms with E-state index in [2.05, 4.69) is 21.2 Å². The van der Waals surface area contributed by atoms with E-state index in [0.29, 0.717) is 4.47 Å². The Hall–Kier alpha value is -2.26. The number of halogens is 3. The van der Waals surface area contributed by atoms with E-state index >= 15 is 0 Å². The van der Waals surface area contributed by atoms with Crippen molar-refractivity contribution < 1.29 is 13.6 Å². The minimum Gasteiger partial charge on any atom is -0.321 e. The molecule has 0 saturated carbocycles. The van der Waals surface area contributed by atoms with Gasteiger partial charge in [0.25, 0.3) is 5.91 Å². The molecule has 0 aromatic heterocycles. The Bertz CT molecular complexity index is 705. The highest BCUT2D eigenvalue weighted by Crippen LogP contribution is 2.22. The summed E-state index contributed by atoms with van der Waals surface area (Å²) in [6.45, 7) is 0. The fourth-order valence-corrected chi connectivity index (χ4v) is 1.98. The van der Waals surface area contributed by atoms with Crippen molar-refractivity contribution in [2.45, 2.75) is 0 Å². The van der Waals surface area contributed by atoms with Crippen LogP contribution >= 0.6 is 15.9 Å². The van der Waals surface area contributed by atoms with E-state index in [0.717, 1.165) is 12.1 Å². The topological polar surface area (TPSA) is 52.9 Å². The van der Waals surface area contributed by atoms with Crippen molar-refractivity contribution in [3.63, 3.8) is 0 Å². The number of carbonyl (C=O) groups is 1. The number of carbonyl (C=O) groups excluding carboxylic acids is 1. The van der Waals surface area contributed by atoms with Crippen LogP contribution in [0.2, 0.25) is 0 Å². The normalized spacial score (nSPS) is 9.90. The summed E-state index contributed by atoms with van der Waals surface area (Å²) in [7, 11) is 0. The van der Waals surface area contributed by atoms with Crippen molar-refractivity contribution in [1.82, 2.24) is 0 Å². The Balaban J connectivity index is 2.38. The average Bonchev–Trinajstić information content (AvgIpc) is 2.38. The number of anilines is 1. The molecule has 100 valence electrons. The summed E-state index contributed by atoms with van der Waals surface area (Å²) >= 11 is 3.19. The van der Waals surface area contributed by atoms with Crippen LogP contribution in [-0.4, -0.2) is 5.91 Å². The quantitative estimate of drug-likeness (QED) is 0.905. The van der Waals surface area contributed by atoms with E-state index < -0.39 is 23.1 Å². The first-order valence-corrected chi connectivity index (χ1v) is 6.27. The molecule has 0 radical (unpaired) electrons. The SMILES string of the molecule is N#Cc1ccc(Br)cc1NC(=O)c1c(F)cccc1F. The lowest BCUT2D eigenvalue weighted by Gasteiger charge is -2.09. The van der Waals surface area contributed by atoms with Gasteiger partial charge in [-0.1, -0.05) is 22.0 Å². The third-order valence-corrected chi connectivity index (χ3v) is 3.03. The van der Waals surface area contributed by atoms with Gasteiger partial charge in [0.1, 0.15) is 23.3 Å². The average molecular weight is 337 g/mol. The second-order valence-electron chi connectivity index (χ2n) is 3.85. The molecular weight excluding hydrogens is 330 g/mol. The van der Waals surface area contributed by atoms with Crippen LogP contribution in [0.5, 0.6) is 0 Å². The molecule has 6 heteroatoms. The lowest BCUT2D eigenvalue weighted by atomic mass is 10.1. The molecule has 0 aliphatic rings. The van der Waals surface area contributed by atoms with Gasteiger partial charge in [-0.2, -0.15) is 5.26 Å². The number of nitriles is 1. The van der Waals surface area contributed by atoms with Gasteiger partial charge in [0.2, 0.25) is 0 Å². The summed E-state index contributed by atoms with van der Waals surface area (Å²) in [5.74, 6) is -2.87. The van der Waals surface area contributed by atoms with E-state index in [4.69, 9.17) is 5.26 Å². The van der Waals surface area contributed by atoms with Gasteiger partial charge >= 0.3 is 0 Å². The first-order valence-electron chi connectivity index (χ1n) is 5.48. The molecule has 0 fully saturated rings. The Morgan fingerprint density at radius 2 is 1.85 bits per heavy atom. The molecule has 0 aliphatic carbocycles. The van der Waals surface area contributed by atoms with Gasteiger partial charge in [0, 0.05) is 4.47 Å². The summed E-state index contributed by atoms with van der Waals surface area (Å²) in [5, 5.41) is 11.3. The van der Waals surface area contributed by atoms with Crippen LogP contribution in [0.1, 0.15) is 15.9 Å². The smallest absolute Gasteiger partial charge is 0.261 e. The molecule has 0 saturated heterocycles. The second-order valence-corrected chi connectivity index (χ2v) is 4.77. The third-order valence-electron chi connectivity index (χ3n) is 2.54. The predicted octanol–water partition coefficient (Wildman–Crippen LogP) is 3.85. The molecule has 0 bridgehead atoms. The Kier molecular flexibility index (Phi) is 4.11. The van der Waals surface area contributed by atoms with E-state index in [1.54, 1.807) is 6.07 Å². The first-order chi connectivity index (χ1) is 9.52. The van der Waals surface area contributed by atoms with Crippen molar-refractivity contribution in [2.75, 3.05) is 5.32 Å². The van der Waals surface area contributed by atoms with Crippen molar-refractivity contribution >= 4 is 27.5 Å². The number of nitrogens with zero attached hydrogens (tertiary/aromatic N) is 1. The van der Waals surface area contributed by atoms with E-state index in [9.17, 15) is 13.6 Å². The van der Waals surface area contributed by atoms with E-state index in [-0.39, 0.29) is 11.3 Å². The highest BCUT2D eigenvalue weighted by molar-refractivity contribution is 9.10. The maximum Gasteiger partial charge on any atom is 0.261 e. The van der Waals surface area contributed by atoms with Crippen LogP contribution in [0.15, 0.2) is 40.9 Å². The minimum absolute atomic E-state index is 0.175. The Labute approximate surface area is 122 Å². The molecule has 2 aromatic carbocycles. The fraction of sp³-hybridized carbons (Fsp3) is 0. The van der Waals surface area contributed by atoms with Crippen molar-refractivity contribution in [3.8, 4) is 6.07 Å². The number of hydrogen-bond acceptors (Lipinski definition) is 2. The van der Waals surface area contributed by atoms with Crippen LogP contribution < -0.4 is 5.32 Å². The number of amides is 1. The molecule has 0 heterocycles. The zero-order valence-corrected chi connectivity index (χ0v) is 11.5. The van der Waals surface area contributed by atoms with Crippen molar-refractivity contribution in [2.24, 2.45) is 0 Å². The summed E-state index contributed by atoms with van der Waals surface area (Å²) in [4.78, 5) is 11.9. The molecule has 1 amide bonds. The molecular formula is C14H7BrF2N2O. The molecule has 3 nitrogen and oxygen atoms in total. The van der Waals surface area contributed by atoms with Gasteiger partial charge in [-0.25, -0.2) is 8.78 Å². The summed E-state index contributed by atoms with van der Waals surface area (Å²) in [6.07, 6.45) is 0. The van der Waals surface area contributed by atoms with Crippen LogP contribution in [0.3, 0.4) is 0 Å².